The molecule has 0 spiro atoms. The molecule has 2 aliphatic rings. The van der Waals surface area contributed by atoms with E-state index in [1.807, 2.05) is 12.1 Å². The predicted octanol–water partition coefficient (Wildman–Crippen LogP) is 3.35. The van der Waals surface area contributed by atoms with Crippen molar-refractivity contribution >= 4 is 5.82 Å². The molecule has 0 aromatic carbocycles. The highest BCUT2D eigenvalue weighted by Gasteiger charge is 2.61. The first-order valence-electron chi connectivity index (χ1n) is 9.15. The average molecular weight is 338 g/mol. The second kappa shape index (κ2) is 6.06. The minimum atomic E-state index is 0.143. The van der Waals surface area contributed by atoms with Crippen LogP contribution in [0.1, 0.15) is 32.9 Å². The number of rotatable bonds is 4. The largest absolute Gasteiger partial charge is 0.377 e. The van der Waals surface area contributed by atoms with E-state index in [0.29, 0.717) is 18.1 Å². The van der Waals surface area contributed by atoms with Crippen LogP contribution in [0.25, 0.3) is 11.4 Å². The Labute approximate surface area is 149 Å². The van der Waals surface area contributed by atoms with Crippen LogP contribution in [0.4, 0.5) is 5.82 Å². The maximum absolute atomic E-state index is 5.96. The van der Waals surface area contributed by atoms with Gasteiger partial charge in [-0.25, -0.2) is 9.97 Å². The van der Waals surface area contributed by atoms with Gasteiger partial charge >= 0.3 is 0 Å². The smallest absolute Gasteiger partial charge is 0.161 e. The Morgan fingerprint density at radius 2 is 2.00 bits per heavy atom. The number of ether oxygens (including phenoxy) is 1. The number of fused-ring (bicyclic) bond motifs is 1. The van der Waals surface area contributed by atoms with Crippen molar-refractivity contribution in [3.8, 4) is 11.4 Å². The van der Waals surface area contributed by atoms with E-state index < -0.39 is 0 Å². The summed E-state index contributed by atoms with van der Waals surface area (Å²) in [6.45, 7) is 7.64. The van der Waals surface area contributed by atoms with Crippen LogP contribution in [-0.4, -0.2) is 40.8 Å². The minimum absolute atomic E-state index is 0.143. The standard InChI is InChI=1S/C20H26N4O/c1-5-14-12-16(23-19(22-14)13-6-9-21-10-7-13)24(4)17-15-8-11-25-18(15)20(17,2)3/h6-7,9-10,12,15,17-18H,5,8,11H2,1-4H3. The van der Waals surface area contributed by atoms with Crippen LogP contribution in [0, 0.1) is 11.3 Å². The number of aryl methyl sites for hydroxylation is 1. The Kier molecular flexibility index (Phi) is 3.99. The van der Waals surface area contributed by atoms with Gasteiger partial charge in [-0.15, -0.1) is 0 Å². The molecule has 0 N–H and O–H groups in total. The fourth-order valence-corrected chi connectivity index (χ4v) is 4.70. The van der Waals surface area contributed by atoms with Crippen LogP contribution in [0.3, 0.4) is 0 Å². The van der Waals surface area contributed by atoms with Gasteiger partial charge < -0.3 is 9.64 Å². The number of hydrogen-bond acceptors (Lipinski definition) is 5. The lowest BCUT2D eigenvalue weighted by Gasteiger charge is -2.58. The van der Waals surface area contributed by atoms with E-state index >= 15 is 0 Å². The molecule has 3 atom stereocenters. The maximum atomic E-state index is 5.96. The minimum Gasteiger partial charge on any atom is -0.377 e. The van der Waals surface area contributed by atoms with E-state index in [9.17, 15) is 0 Å². The van der Waals surface area contributed by atoms with E-state index in [1.165, 1.54) is 0 Å². The molecule has 5 nitrogen and oxygen atoms in total. The lowest BCUT2D eigenvalue weighted by Crippen LogP contribution is -2.66. The fourth-order valence-electron chi connectivity index (χ4n) is 4.70. The second-order valence-electron chi connectivity index (χ2n) is 7.75. The van der Waals surface area contributed by atoms with Gasteiger partial charge in [0.15, 0.2) is 5.82 Å². The van der Waals surface area contributed by atoms with E-state index in [4.69, 9.17) is 14.7 Å². The van der Waals surface area contributed by atoms with Gasteiger partial charge in [0.1, 0.15) is 5.82 Å². The molecule has 3 heterocycles. The summed E-state index contributed by atoms with van der Waals surface area (Å²) in [5.74, 6) is 2.38. The molecular weight excluding hydrogens is 312 g/mol. The molecule has 2 aromatic rings. The van der Waals surface area contributed by atoms with Crippen LogP contribution in [0.2, 0.25) is 0 Å². The molecule has 0 radical (unpaired) electrons. The third kappa shape index (κ3) is 2.61. The van der Waals surface area contributed by atoms with Gasteiger partial charge in [-0.2, -0.15) is 0 Å². The number of anilines is 1. The third-order valence-electron chi connectivity index (χ3n) is 5.88. The molecule has 0 bridgehead atoms. The van der Waals surface area contributed by atoms with Crippen LogP contribution in [0.5, 0.6) is 0 Å². The molecule has 2 fully saturated rings. The van der Waals surface area contributed by atoms with Gasteiger partial charge in [0.2, 0.25) is 0 Å². The van der Waals surface area contributed by atoms with Crippen molar-refractivity contribution < 1.29 is 4.74 Å². The number of pyridine rings is 1. The average Bonchev–Trinajstić information content (AvgIpc) is 3.08. The highest BCUT2D eigenvalue weighted by atomic mass is 16.5. The lowest BCUT2D eigenvalue weighted by atomic mass is 9.57. The molecule has 5 heteroatoms. The molecule has 1 saturated carbocycles. The van der Waals surface area contributed by atoms with Crippen molar-refractivity contribution in [1.29, 1.82) is 0 Å². The first kappa shape index (κ1) is 16.5. The van der Waals surface area contributed by atoms with Crippen LogP contribution >= 0.6 is 0 Å². The summed E-state index contributed by atoms with van der Waals surface area (Å²) in [5.41, 5.74) is 2.22. The van der Waals surface area contributed by atoms with Gasteiger partial charge in [-0.05, 0) is 25.0 Å². The zero-order chi connectivity index (χ0) is 17.6. The zero-order valence-corrected chi connectivity index (χ0v) is 15.4. The first-order chi connectivity index (χ1) is 12.0. The lowest BCUT2D eigenvalue weighted by molar-refractivity contribution is -0.101. The topological polar surface area (TPSA) is 51.1 Å². The monoisotopic (exact) mass is 338 g/mol. The zero-order valence-electron chi connectivity index (χ0n) is 15.4. The summed E-state index contributed by atoms with van der Waals surface area (Å²) < 4.78 is 5.96. The number of nitrogens with zero attached hydrogens (tertiary/aromatic N) is 4. The Hall–Kier alpha value is -2.01. The summed E-state index contributed by atoms with van der Waals surface area (Å²) in [5, 5.41) is 0. The molecule has 1 aliphatic carbocycles. The van der Waals surface area contributed by atoms with Gasteiger partial charge in [-0.1, -0.05) is 20.8 Å². The maximum Gasteiger partial charge on any atom is 0.161 e. The van der Waals surface area contributed by atoms with Crippen LogP contribution < -0.4 is 4.90 Å². The third-order valence-corrected chi connectivity index (χ3v) is 5.88. The second-order valence-corrected chi connectivity index (χ2v) is 7.75. The van der Waals surface area contributed by atoms with Gasteiger partial charge in [-0.3, -0.25) is 4.98 Å². The molecular formula is C20H26N4O. The van der Waals surface area contributed by atoms with Crippen molar-refractivity contribution in [2.45, 2.75) is 45.8 Å². The fraction of sp³-hybridized carbons (Fsp3) is 0.550. The van der Waals surface area contributed by atoms with Gasteiger partial charge in [0, 0.05) is 60.7 Å². The molecule has 0 amide bonds. The highest BCUT2D eigenvalue weighted by molar-refractivity contribution is 5.57. The van der Waals surface area contributed by atoms with Crippen molar-refractivity contribution in [2.75, 3.05) is 18.6 Å². The van der Waals surface area contributed by atoms with Crippen molar-refractivity contribution in [3.63, 3.8) is 0 Å². The molecule has 25 heavy (non-hydrogen) atoms. The summed E-state index contributed by atoms with van der Waals surface area (Å²) >= 11 is 0. The Bertz CT molecular complexity index is 762. The highest BCUT2D eigenvalue weighted by Crippen LogP contribution is 2.54. The summed E-state index contributed by atoms with van der Waals surface area (Å²) in [7, 11) is 2.17. The molecule has 4 rings (SSSR count). The van der Waals surface area contributed by atoms with Crippen molar-refractivity contribution in [3.05, 3.63) is 36.3 Å². The Balaban J connectivity index is 1.70. The van der Waals surface area contributed by atoms with Gasteiger partial charge in [0.05, 0.1) is 6.10 Å². The molecule has 1 saturated heterocycles. The van der Waals surface area contributed by atoms with Crippen molar-refractivity contribution in [2.24, 2.45) is 11.3 Å². The van der Waals surface area contributed by atoms with E-state index in [2.05, 4.69) is 43.8 Å². The molecule has 3 unspecified atom stereocenters. The van der Waals surface area contributed by atoms with E-state index in [1.54, 1.807) is 12.4 Å². The van der Waals surface area contributed by atoms with E-state index in [0.717, 1.165) is 42.3 Å². The quantitative estimate of drug-likeness (QED) is 0.856. The Morgan fingerprint density at radius 3 is 2.72 bits per heavy atom. The molecule has 1 aliphatic heterocycles. The van der Waals surface area contributed by atoms with Crippen molar-refractivity contribution in [1.82, 2.24) is 15.0 Å². The molecule has 132 valence electrons. The molecule has 2 aromatic heterocycles. The summed E-state index contributed by atoms with van der Waals surface area (Å²) in [6, 6.07) is 6.51. The Morgan fingerprint density at radius 1 is 1.24 bits per heavy atom. The predicted molar refractivity (Wildman–Crippen MR) is 98.5 cm³/mol. The first-order valence-corrected chi connectivity index (χ1v) is 9.15. The van der Waals surface area contributed by atoms with Crippen LogP contribution in [0.15, 0.2) is 30.6 Å². The normalized spacial score (nSPS) is 26.8. The summed E-state index contributed by atoms with van der Waals surface area (Å²) in [6.07, 6.45) is 6.00. The van der Waals surface area contributed by atoms with E-state index in [-0.39, 0.29) is 5.41 Å². The summed E-state index contributed by atoms with van der Waals surface area (Å²) in [4.78, 5) is 16.0. The van der Waals surface area contributed by atoms with Gasteiger partial charge in [0.25, 0.3) is 0 Å². The van der Waals surface area contributed by atoms with Crippen LogP contribution in [-0.2, 0) is 11.2 Å². The number of hydrogen-bond donors (Lipinski definition) is 0. The SMILES string of the molecule is CCc1cc(N(C)C2C3CCOC3C2(C)C)nc(-c2ccncc2)n1. The number of aromatic nitrogens is 3.